The SMILES string of the molecule is COCCC/C=C\CN. The maximum absolute atomic E-state index is 5.23. The van der Waals surface area contributed by atoms with Gasteiger partial charge in [0.1, 0.15) is 0 Å². The molecule has 0 spiro atoms. The van der Waals surface area contributed by atoms with Gasteiger partial charge in [0.15, 0.2) is 0 Å². The first-order chi connectivity index (χ1) is 4.41. The molecule has 9 heavy (non-hydrogen) atoms. The summed E-state index contributed by atoms with van der Waals surface area (Å²) >= 11 is 0. The van der Waals surface area contributed by atoms with E-state index in [0.717, 1.165) is 19.4 Å². The summed E-state index contributed by atoms with van der Waals surface area (Å²) in [5.74, 6) is 0. The van der Waals surface area contributed by atoms with Crippen molar-refractivity contribution in [3.63, 3.8) is 0 Å². The molecule has 0 fully saturated rings. The van der Waals surface area contributed by atoms with Gasteiger partial charge < -0.3 is 10.5 Å². The molecular formula is C7H15NO. The lowest BCUT2D eigenvalue weighted by molar-refractivity contribution is 0.196. The van der Waals surface area contributed by atoms with Crippen LogP contribution in [0.5, 0.6) is 0 Å². The second kappa shape index (κ2) is 7.66. The molecule has 0 heterocycles. The van der Waals surface area contributed by atoms with Gasteiger partial charge in [0.25, 0.3) is 0 Å². The van der Waals surface area contributed by atoms with Crippen molar-refractivity contribution in [2.24, 2.45) is 5.73 Å². The van der Waals surface area contributed by atoms with Crippen LogP contribution in [-0.4, -0.2) is 20.3 Å². The number of allylic oxidation sites excluding steroid dienone is 1. The van der Waals surface area contributed by atoms with E-state index in [0.29, 0.717) is 6.54 Å². The van der Waals surface area contributed by atoms with Crippen molar-refractivity contribution in [2.45, 2.75) is 12.8 Å². The molecule has 0 aromatic rings. The summed E-state index contributed by atoms with van der Waals surface area (Å²) in [4.78, 5) is 0. The topological polar surface area (TPSA) is 35.2 Å². The highest BCUT2D eigenvalue weighted by Crippen LogP contribution is 1.89. The van der Waals surface area contributed by atoms with E-state index in [-0.39, 0.29) is 0 Å². The van der Waals surface area contributed by atoms with Gasteiger partial charge in [-0.15, -0.1) is 0 Å². The molecule has 0 rings (SSSR count). The third-order valence-corrected chi connectivity index (χ3v) is 1.02. The molecular weight excluding hydrogens is 114 g/mol. The van der Waals surface area contributed by atoms with Gasteiger partial charge >= 0.3 is 0 Å². The highest BCUT2D eigenvalue weighted by atomic mass is 16.5. The molecule has 0 saturated heterocycles. The number of hydrogen-bond donors (Lipinski definition) is 1. The van der Waals surface area contributed by atoms with E-state index in [4.69, 9.17) is 10.5 Å². The van der Waals surface area contributed by atoms with Crippen LogP contribution in [0, 0.1) is 0 Å². The summed E-state index contributed by atoms with van der Waals surface area (Å²) in [5.41, 5.74) is 5.23. The molecule has 0 aromatic heterocycles. The molecule has 0 aliphatic heterocycles. The highest BCUT2D eigenvalue weighted by Gasteiger charge is 1.79. The van der Waals surface area contributed by atoms with Crippen molar-refractivity contribution in [3.8, 4) is 0 Å². The molecule has 0 amide bonds. The Kier molecular flexibility index (Phi) is 7.37. The van der Waals surface area contributed by atoms with Gasteiger partial charge in [0.2, 0.25) is 0 Å². The Morgan fingerprint density at radius 3 is 2.78 bits per heavy atom. The van der Waals surface area contributed by atoms with Gasteiger partial charge in [0.05, 0.1) is 0 Å². The molecule has 2 nitrogen and oxygen atoms in total. The zero-order valence-corrected chi connectivity index (χ0v) is 5.97. The van der Waals surface area contributed by atoms with E-state index in [1.165, 1.54) is 0 Å². The van der Waals surface area contributed by atoms with Gasteiger partial charge in [-0.3, -0.25) is 0 Å². The molecule has 0 saturated carbocycles. The number of nitrogens with two attached hydrogens (primary N) is 1. The fraction of sp³-hybridized carbons (Fsp3) is 0.714. The summed E-state index contributed by atoms with van der Waals surface area (Å²) in [7, 11) is 1.71. The zero-order valence-electron chi connectivity index (χ0n) is 5.97. The lowest BCUT2D eigenvalue weighted by atomic mass is 10.3. The van der Waals surface area contributed by atoms with Gasteiger partial charge in [-0.2, -0.15) is 0 Å². The first-order valence-corrected chi connectivity index (χ1v) is 3.26. The normalized spacial score (nSPS) is 10.9. The number of unbranched alkanes of at least 4 members (excludes halogenated alkanes) is 1. The average molecular weight is 129 g/mol. The third kappa shape index (κ3) is 7.66. The van der Waals surface area contributed by atoms with Gasteiger partial charge in [0, 0.05) is 20.3 Å². The Morgan fingerprint density at radius 2 is 2.22 bits per heavy atom. The Labute approximate surface area is 56.7 Å². The van der Waals surface area contributed by atoms with Crippen LogP contribution in [0.4, 0.5) is 0 Å². The molecule has 0 aliphatic rings. The van der Waals surface area contributed by atoms with Crippen molar-refractivity contribution in [3.05, 3.63) is 12.2 Å². The lowest BCUT2D eigenvalue weighted by Gasteiger charge is -1.92. The molecule has 0 atom stereocenters. The Hall–Kier alpha value is -0.340. The minimum atomic E-state index is 0.646. The van der Waals surface area contributed by atoms with Crippen LogP contribution in [0.1, 0.15) is 12.8 Å². The Bertz CT molecular complexity index is 71.3. The fourth-order valence-electron chi connectivity index (χ4n) is 0.560. The average Bonchev–Trinajstić information content (AvgIpc) is 1.89. The molecule has 54 valence electrons. The first kappa shape index (κ1) is 8.66. The second-order valence-electron chi connectivity index (χ2n) is 1.84. The summed E-state index contributed by atoms with van der Waals surface area (Å²) in [5, 5.41) is 0. The summed E-state index contributed by atoms with van der Waals surface area (Å²) in [6.07, 6.45) is 6.22. The van der Waals surface area contributed by atoms with Crippen LogP contribution in [0.2, 0.25) is 0 Å². The van der Waals surface area contributed by atoms with Crippen LogP contribution < -0.4 is 5.73 Å². The summed E-state index contributed by atoms with van der Waals surface area (Å²) in [6, 6.07) is 0. The molecule has 0 aliphatic carbocycles. The maximum atomic E-state index is 5.23. The van der Waals surface area contributed by atoms with Gasteiger partial charge in [-0.25, -0.2) is 0 Å². The minimum Gasteiger partial charge on any atom is -0.385 e. The molecule has 0 bridgehead atoms. The van der Waals surface area contributed by atoms with Gasteiger partial charge in [-0.05, 0) is 12.8 Å². The largest absolute Gasteiger partial charge is 0.385 e. The van der Waals surface area contributed by atoms with Crippen molar-refractivity contribution >= 4 is 0 Å². The molecule has 0 aromatic carbocycles. The van der Waals surface area contributed by atoms with Gasteiger partial charge in [-0.1, -0.05) is 12.2 Å². The molecule has 0 unspecified atom stereocenters. The lowest BCUT2D eigenvalue weighted by Crippen LogP contribution is -1.92. The quantitative estimate of drug-likeness (QED) is 0.442. The molecule has 2 heteroatoms. The Morgan fingerprint density at radius 1 is 1.44 bits per heavy atom. The van der Waals surface area contributed by atoms with Crippen LogP contribution in [0.15, 0.2) is 12.2 Å². The van der Waals surface area contributed by atoms with Crippen LogP contribution in [0.25, 0.3) is 0 Å². The minimum absolute atomic E-state index is 0.646. The smallest absolute Gasteiger partial charge is 0.0465 e. The number of methoxy groups -OCH3 is 1. The zero-order chi connectivity index (χ0) is 6.95. The molecule has 0 radical (unpaired) electrons. The second-order valence-corrected chi connectivity index (χ2v) is 1.84. The van der Waals surface area contributed by atoms with Crippen molar-refractivity contribution in [1.29, 1.82) is 0 Å². The monoisotopic (exact) mass is 129 g/mol. The predicted octanol–water partition coefficient (Wildman–Crippen LogP) is 0.928. The predicted molar refractivity (Wildman–Crippen MR) is 39.3 cm³/mol. The van der Waals surface area contributed by atoms with E-state index in [9.17, 15) is 0 Å². The van der Waals surface area contributed by atoms with Crippen molar-refractivity contribution < 1.29 is 4.74 Å². The fourth-order valence-corrected chi connectivity index (χ4v) is 0.560. The van der Waals surface area contributed by atoms with Crippen LogP contribution >= 0.6 is 0 Å². The van der Waals surface area contributed by atoms with Crippen molar-refractivity contribution in [1.82, 2.24) is 0 Å². The third-order valence-electron chi connectivity index (χ3n) is 1.02. The standard InChI is InChI=1S/C7H15NO/c1-9-7-5-3-2-4-6-8/h2,4H,3,5-8H2,1H3/b4-2-. The number of rotatable bonds is 5. The Balaban J connectivity index is 2.82. The summed E-state index contributed by atoms with van der Waals surface area (Å²) in [6.45, 7) is 1.49. The van der Waals surface area contributed by atoms with E-state index in [1.807, 2.05) is 6.08 Å². The number of ether oxygens (including phenoxy) is 1. The number of hydrogen-bond acceptors (Lipinski definition) is 2. The highest BCUT2D eigenvalue weighted by molar-refractivity contribution is 4.81. The van der Waals surface area contributed by atoms with E-state index in [1.54, 1.807) is 7.11 Å². The summed E-state index contributed by atoms with van der Waals surface area (Å²) < 4.78 is 4.86. The first-order valence-electron chi connectivity index (χ1n) is 3.26. The maximum Gasteiger partial charge on any atom is 0.0465 e. The van der Waals surface area contributed by atoms with Crippen LogP contribution in [0.3, 0.4) is 0 Å². The van der Waals surface area contributed by atoms with Crippen molar-refractivity contribution in [2.75, 3.05) is 20.3 Å². The van der Waals surface area contributed by atoms with Crippen LogP contribution in [-0.2, 0) is 4.74 Å². The van der Waals surface area contributed by atoms with E-state index < -0.39 is 0 Å². The van der Waals surface area contributed by atoms with E-state index >= 15 is 0 Å². The molecule has 2 N–H and O–H groups in total. The van der Waals surface area contributed by atoms with E-state index in [2.05, 4.69) is 6.08 Å².